The van der Waals surface area contributed by atoms with E-state index in [0.717, 1.165) is 13.1 Å². The molecule has 29 heavy (non-hydrogen) atoms. The number of carbonyl (C=O) groups excluding carboxylic acids is 2. The number of anilines is 2. The summed E-state index contributed by atoms with van der Waals surface area (Å²) < 4.78 is 60.5. The van der Waals surface area contributed by atoms with Gasteiger partial charge in [0, 0.05) is 13.1 Å². The van der Waals surface area contributed by atoms with Crippen molar-refractivity contribution in [3.8, 4) is 17.0 Å². The molecule has 1 aliphatic heterocycles. The summed E-state index contributed by atoms with van der Waals surface area (Å²) in [4.78, 5) is 23.9. The average Bonchev–Trinajstić information content (AvgIpc) is 2.90. The fourth-order valence-corrected chi connectivity index (χ4v) is 3.24. The van der Waals surface area contributed by atoms with Crippen LogP contribution in [0.15, 0.2) is 6.07 Å². The highest BCUT2D eigenvalue weighted by molar-refractivity contribution is 6.34. The molecule has 0 saturated carbocycles. The lowest BCUT2D eigenvalue weighted by Gasteiger charge is -2.27. The van der Waals surface area contributed by atoms with Gasteiger partial charge in [-0.3, -0.25) is 14.3 Å². The van der Waals surface area contributed by atoms with Crippen LogP contribution >= 0.6 is 23.2 Å². The molecule has 2 amide bonds. The van der Waals surface area contributed by atoms with Gasteiger partial charge in [0.2, 0.25) is 5.91 Å². The predicted octanol–water partition coefficient (Wildman–Crippen LogP) is 3.80. The number of alkyl halides is 4. The SMILES string of the molecule is CC1Oc2cc(F)c(-c3nn(C)c(C(F)(F)F)c3Cl)c(NC(=O)CCl)c2NC1=O. The Morgan fingerprint density at radius 3 is 2.66 bits per heavy atom. The van der Waals surface area contributed by atoms with Gasteiger partial charge in [-0.25, -0.2) is 4.39 Å². The number of ether oxygens (including phenoxy) is 1. The number of hydrogen-bond donors (Lipinski definition) is 2. The molecule has 0 aliphatic carbocycles. The standard InChI is InChI=1S/C16H12Cl2F4N4O3/c1-5-15(28)24-11-7(29-5)3-6(19)9(13(11)23-8(27)4-17)12-10(18)14(16(20,21)22)26(2)25-12/h3,5H,4H2,1-2H3,(H,23,27)(H,24,28). The van der Waals surface area contributed by atoms with E-state index in [1.165, 1.54) is 6.92 Å². The maximum atomic E-state index is 15.0. The number of nitrogens with one attached hydrogen (secondary N) is 2. The molecule has 1 atom stereocenters. The summed E-state index contributed by atoms with van der Waals surface area (Å²) in [6, 6.07) is 0.856. The smallest absolute Gasteiger partial charge is 0.434 e. The van der Waals surface area contributed by atoms with Crippen molar-refractivity contribution in [1.82, 2.24) is 9.78 Å². The Bertz CT molecular complexity index is 1020. The van der Waals surface area contributed by atoms with Gasteiger partial charge in [0.15, 0.2) is 11.8 Å². The zero-order valence-corrected chi connectivity index (χ0v) is 16.3. The predicted molar refractivity (Wildman–Crippen MR) is 96.7 cm³/mol. The summed E-state index contributed by atoms with van der Waals surface area (Å²) in [6.07, 6.45) is -5.83. The maximum absolute atomic E-state index is 15.0. The lowest BCUT2D eigenvalue weighted by atomic mass is 10.0. The summed E-state index contributed by atoms with van der Waals surface area (Å²) in [5.41, 5.74) is -2.98. The Morgan fingerprint density at radius 1 is 1.45 bits per heavy atom. The first-order valence-electron chi connectivity index (χ1n) is 7.95. The molecule has 13 heteroatoms. The van der Waals surface area contributed by atoms with Crippen LogP contribution in [0.25, 0.3) is 11.3 Å². The number of aryl methyl sites for hydroxylation is 1. The van der Waals surface area contributed by atoms with Gasteiger partial charge in [0.25, 0.3) is 5.91 Å². The minimum Gasteiger partial charge on any atom is -0.479 e. The molecule has 1 aromatic carbocycles. The highest BCUT2D eigenvalue weighted by Crippen LogP contribution is 2.48. The van der Waals surface area contributed by atoms with Gasteiger partial charge in [-0.15, -0.1) is 11.6 Å². The summed E-state index contributed by atoms with van der Waals surface area (Å²) in [5.74, 6) is -3.17. The van der Waals surface area contributed by atoms with Crippen molar-refractivity contribution < 1.29 is 31.9 Å². The third kappa shape index (κ3) is 3.71. The van der Waals surface area contributed by atoms with E-state index in [0.29, 0.717) is 4.68 Å². The summed E-state index contributed by atoms with van der Waals surface area (Å²) in [5, 5.41) is 7.48. The van der Waals surface area contributed by atoms with Crippen LogP contribution in [0, 0.1) is 5.82 Å². The molecule has 1 unspecified atom stereocenters. The normalized spacial score (nSPS) is 16.1. The quantitative estimate of drug-likeness (QED) is 0.545. The average molecular weight is 455 g/mol. The number of fused-ring (bicyclic) bond motifs is 1. The largest absolute Gasteiger partial charge is 0.479 e. The molecular formula is C16H12Cl2F4N4O3. The van der Waals surface area contributed by atoms with Crippen LogP contribution in [0.2, 0.25) is 5.02 Å². The molecular weight excluding hydrogens is 443 g/mol. The summed E-state index contributed by atoms with van der Waals surface area (Å²) in [6.45, 7) is 1.41. The summed E-state index contributed by atoms with van der Waals surface area (Å²) in [7, 11) is 0.984. The number of nitrogens with zero attached hydrogens (tertiary/aromatic N) is 2. The highest BCUT2D eigenvalue weighted by atomic mass is 35.5. The van der Waals surface area contributed by atoms with E-state index in [1.54, 1.807) is 0 Å². The Hall–Kier alpha value is -2.53. The van der Waals surface area contributed by atoms with E-state index < -0.39 is 57.8 Å². The van der Waals surface area contributed by atoms with Gasteiger partial charge in [0.05, 0.1) is 16.3 Å². The van der Waals surface area contributed by atoms with Crippen LogP contribution in [0.4, 0.5) is 28.9 Å². The molecule has 2 N–H and O–H groups in total. The molecule has 156 valence electrons. The van der Waals surface area contributed by atoms with Gasteiger partial charge >= 0.3 is 6.18 Å². The Morgan fingerprint density at radius 2 is 2.10 bits per heavy atom. The molecule has 1 aromatic heterocycles. The van der Waals surface area contributed by atoms with Crippen LogP contribution in [-0.2, 0) is 22.8 Å². The van der Waals surface area contributed by atoms with Crippen LogP contribution < -0.4 is 15.4 Å². The van der Waals surface area contributed by atoms with Gasteiger partial charge < -0.3 is 15.4 Å². The molecule has 0 fully saturated rings. The van der Waals surface area contributed by atoms with Crippen molar-refractivity contribution in [3.05, 3.63) is 22.6 Å². The third-order valence-corrected chi connectivity index (χ3v) is 4.65. The van der Waals surface area contributed by atoms with Crippen molar-refractivity contribution in [2.24, 2.45) is 7.05 Å². The lowest BCUT2D eigenvalue weighted by Crippen LogP contribution is -2.35. The van der Waals surface area contributed by atoms with Crippen molar-refractivity contribution in [2.75, 3.05) is 16.5 Å². The van der Waals surface area contributed by atoms with E-state index in [4.69, 9.17) is 27.9 Å². The number of carbonyl (C=O) groups is 2. The van der Waals surface area contributed by atoms with Crippen LogP contribution in [0.3, 0.4) is 0 Å². The maximum Gasteiger partial charge on any atom is 0.434 e. The fraction of sp³-hybridized carbons (Fsp3) is 0.312. The van der Waals surface area contributed by atoms with E-state index >= 15 is 0 Å². The van der Waals surface area contributed by atoms with E-state index in [1.807, 2.05) is 0 Å². The Kier molecular flexibility index (Phi) is 5.39. The second kappa shape index (κ2) is 7.38. The first-order valence-corrected chi connectivity index (χ1v) is 8.86. The van der Waals surface area contributed by atoms with E-state index in [-0.39, 0.29) is 17.1 Å². The van der Waals surface area contributed by atoms with E-state index in [9.17, 15) is 27.2 Å². The molecule has 1 aliphatic rings. The minimum absolute atomic E-state index is 0.133. The second-order valence-corrected chi connectivity index (χ2v) is 6.69. The van der Waals surface area contributed by atoms with Crippen LogP contribution in [0.1, 0.15) is 12.6 Å². The molecule has 0 saturated heterocycles. The van der Waals surface area contributed by atoms with Crippen molar-refractivity contribution in [3.63, 3.8) is 0 Å². The second-order valence-electron chi connectivity index (χ2n) is 6.05. The number of rotatable bonds is 3. The summed E-state index contributed by atoms with van der Waals surface area (Å²) >= 11 is 11.3. The number of hydrogen-bond acceptors (Lipinski definition) is 4. The molecule has 0 spiro atoms. The van der Waals surface area contributed by atoms with Crippen molar-refractivity contribution in [1.29, 1.82) is 0 Å². The van der Waals surface area contributed by atoms with E-state index in [2.05, 4.69) is 15.7 Å². The highest BCUT2D eigenvalue weighted by Gasteiger charge is 2.40. The zero-order chi connectivity index (χ0) is 21.7. The number of benzene rings is 1. The minimum atomic E-state index is -4.87. The molecule has 2 heterocycles. The van der Waals surface area contributed by atoms with Crippen LogP contribution in [-0.4, -0.2) is 33.6 Å². The number of halogens is 6. The third-order valence-electron chi connectivity index (χ3n) is 4.04. The monoisotopic (exact) mass is 454 g/mol. The van der Waals surface area contributed by atoms with Gasteiger partial charge in [-0.05, 0) is 6.92 Å². The molecule has 2 aromatic rings. The lowest BCUT2D eigenvalue weighted by molar-refractivity contribution is -0.143. The van der Waals surface area contributed by atoms with Crippen molar-refractivity contribution in [2.45, 2.75) is 19.2 Å². The topological polar surface area (TPSA) is 85.2 Å². The molecule has 0 radical (unpaired) electrons. The van der Waals surface area contributed by atoms with Gasteiger partial charge in [-0.1, -0.05) is 11.6 Å². The number of amides is 2. The molecule has 0 bridgehead atoms. The van der Waals surface area contributed by atoms with Crippen molar-refractivity contribution >= 4 is 46.4 Å². The van der Waals surface area contributed by atoms with Crippen LogP contribution in [0.5, 0.6) is 5.75 Å². The first kappa shape index (κ1) is 21.2. The van der Waals surface area contributed by atoms with Gasteiger partial charge in [-0.2, -0.15) is 18.3 Å². The zero-order valence-electron chi connectivity index (χ0n) is 14.7. The Labute approximate surface area is 170 Å². The first-order chi connectivity index (χ1) is 13.5. The number of aromatic nitrogens is 2. The fourth-order valence-electron chi connectivity index (χ4n) is 2.81. The molecule has 7 nitrogen and oxygen atoms in total. The molecule has 3 rings (SSSR count). The van der Waals surface area contributed by atoms with Gasteiger partial charge in [0.1, 0.15) is 28.8 Å². The Balaban J connectivity index is 2.31.